The minimum atomic E-state index is -1.24. The maximum absolute atomic E-state index is 12.8. The van der Waals surface area contributed by atoms with Gasteiger partial charge in [-0.1, -0.05) is 24.3 Å². The van der Waals surface area contributed by atoms with Crippen LogP contribution < -0.4 is 5.32 Å². The van der Waals surface area contributed by atoms with Crippen molar-refractivity contribution in [3.05, 3.63) is 47.5 Å². The average molecular weight is 310 g/mol. The van der Waals surface area contributed by atoms with Gasteiger partial charge in [-0.3, -0.25) is 19.3 Å². The van der Waals surface area contributed by atoms with E-state index >= 15 is 0 Å². The first kappa shape index (κ1) is 13.9. The summed E-state index contributed by atoms with van der Waals surface area (Å²) in [6.07, 6.45) is -0.818. The summed E-state index contributed by atoms with van der Waals surface area (Å²) in [5.41, 5.74) is 0.892. The number of aliphatic hydroxyl groups excluding tert-OH is 1. The molecule has 3 amide bonds. The Morgan fingerprint density at radius 1 is 1.00 bits per heavy atom. The fourth-order valence-corrected chi connectivity index (χ4v) is 3.39. The molecule has 2 aromatic carbocycles. The lowest BCUT2D eigenvalue weighted by Gasteiger charge is -2.38. The summed E-state index contributed by atoms with van der Waals surface area (Å²) in [4.78, 5) is 38.1. The van der Waals surface area contributed by atoms with E-state index in [1.54, 1.807) is 24.3 Å². The van der Waals surface area contributed by atoms with Crippen LogP contribution in [-0.2, 0) is 4.79 Å². The van der Waals surface area contributed by atoms with Crippen molar-refractivity contribution in [2.24, 2.45) is 0 Å². The van der Waals surface area contributed by atoms with Crippen molar-refractivity contribution in [3.63, 3.8) is 0 Å². The number of aliphatic hydroxyl groups is 1. The van der Waals surface area contributed by atoms with Gasteiger partial charge < -0.3 is 10.4 Å². The van der Waals surface area contributed by atoms with Crippen molar-refractivity contribution >= 4 is 28.5 Å². The number of nitrogens with zero attached hydrogens (tertiary/aromatic N) is 1. The third kappa shape index (κ3) is 1.95. The first-order valence-electron chi connectivity index (χ1n) is 7.45. The van der Waals surface area contributed by atoms with Crippen LogP contribution in [0.3, 0.4) is 0 Å². The number of rotatable bonds is 1. The average Bonchev–Trinajstić information content (AvgIpc) is 2.54. The molecule has 1 fully saturated rings. The summed E-state index contributed by atoms with van der Waals surface area (Å²) < 4.78 is 0. The monoisotopic (exact) mass is 310 g/mol. The Labute approximate surface area is 131 Å². The molecule has 2 unspecified atom stereocenters. The van der Waals surface area contributed by atoms with E-state index in [1.165, 1.54) is 0 Å². The molecule has 0 aromatic heterocycles. The highest BCUT2D eigenvalue weighted by Gasteiger charge is 2.42. The smallest absolute Gasteiger partial charge is 0.261 e. The highest BCUT2D eigenvalue weighted by Crippen LogP contribution is 2.32. The Morgan fingerprint density at radius 3 is 2.17 bits per heavy atom. The molecule has 2 heterocycles. The summed E-state index contributed by atoms with van der Waals surface area (Å²) in [6.45, 7) is 0. The number of hydrogen-bond donors (Lipinski definition) is 2. The summed E-state index contributed by atoms with van der Waals surface area (Å²) in [6, 6.07) is 9.86. The molecule has 2 aliphatic rings. The van der Waals surface area contributed by atoms with E-state index in [0.717, 1.165) is 10.3 Å². The molecule has 2 aliphatic heterocycles. The molecule has 0 bridgehead atoms. The molecule has 0 saturated carbocycles. The first-order valence-corrected chi connectivity index (χ1v) is 7.45. The van der Waals surface area contributed by atoms with Crippen LogP contribution >= 0.6 is 0 Å². The van der Waals surface area contributed by atoms with Crippen molar-refractivity contribution in [2.45, 2.75) is 25.1 Å². The molecule has 6 nitrogen and oxygen atoms in total. The van der Waals surface area contributed by atoms with Crippen molar-refractivity contribution in [1.82, 2.24) is 10.2 Å². The van der Waals surface area contributed by atoms with Crippen LogP contribution in [0.15, 0.2) is 36.4 Å². The van der Waals surface area contributed by atoms with Crippen LogP contribution in [0.25, 0.3) is 10.8 Å². The number of benzene rings is 2. The standard InChI is InChI=1S/C17H14N2O4/c20-13-8-7-12(15(21)18-13)19-16(22)10-5-1-3-9-4-2-6-11(14(9)10)17(19)23/h1-6,12,15,21H,7-8H2,(H,18,20). The maximum atomic E-state index is 12.8. The predicted molar refractivity (Wildman–Crippen MR) is 81.6 cm³/mol. The SMILES string of the molecule is O=C1CCC(N2C(=O)c3cccc4cccc(c34)C2=O)C(O)N1. The minimum Gasteiger partial charge on any atom is -0.372 e. The molecule has 2 atom stereocenters. The third-order valence-electron chi connectivity index (χ3n) is 4.48. The molecule has 1 saturated heterocycles. The number of piperidine rings is 1. The van der Waals surface area contributed by atoms with E-state index in [9.17, 15) is 19.5 Å². The molecule has 23 heavy (non-hydrogen) atoms. The van der Waals surface area contributed by atoms with Gasteiger partial charge in [0.25, 0.3) is 11.8 Å². The number of carbonyl (C=O) groups is 3. The fourth-order valence-electron chi connectivity index (χ4n) is 3.39. The number of nitrogens with one attached hydrogen (secondary N) is 1. The number of hydrogen-bond acceptors (Lipinski definition) is 4. The van der Waals surface area contributed by atoms with Gasteiger partial charge in [0, 0.05) is 22.9 Å². The second kappa shape index (κ2) is 4.89. The lowest BCUT2D eigenvalue weighted by molar-refractivity contribution is -0.129. The van der Waals surface area contributed by atoms with Gasteiger partial charge in [-0.15, -0.1) is 0 Å². The van der Waals surface area contributed by atoms with Crippen LogP contribution in [0.5, 0.6) is 0 Å². The molecule has 2 aromatic rings. The van der Waals surface area contributed by atoms with Crippen LogP contribution in [0.4, 0.5) is 0 Å². The lowest BCUT2D eigenvalue weighted by Crippen LogP contribution is -2.59. The lowest BCUT2D eigenvalue weighted by atomic mass is 9.91. The first-order chi connectivity index (χ1) is 11.1. The highest BCUT2D eigenvalue weighted by molar-refractivity contribution is 6.25. The highest BCUT2D eigenvalue weighted by atomic mass is 16.3. The molecule has 0 aliphatic carbocycles. The van der Waals surface area contributed by atoms with Gasteiger partial charge in [0.1, 0.15) is 6.23 Å². The van der Waals surface area contributed by atoms with Gasteiger partial charge in [-0.25, -0.2) is 0 Å². The normalized spacial score (nSPS) is 24.0. The summed E-state index contributed by atoms with van der Waals surface area (Å²) in [5.74, 6) is -1.15. The topological polar surface area (TPSA) is 86.7 Å². The number of carbonyl (C=O) groups excluding carboxylic acids is 3. The zero-order valence-corrected chi connectivity index (χ0v) is 12.2. The quantitative estimate of drug-likeness (QED) is 0.770. The van der Waals surface area contributed by atoms with Crippen LogP contribution in [-0.4, -0.2) is 40.0 Å². The van der Waals surface area contributed by atoms with Gasteiger partial charge in [0.15, 0.2) is 0 Å². The van der Waals surface area contributed by atoms with E-state index < -0.39 is 24.1 Å². The molecule has 6 heteroatoms. The van der Waals surface area contributed by atoms with Gasteiger partial charge >= 0.3 is 0 Å². The molecule has 116 valence electrons. The van der Waals surface area contributed by atoms with Gasteiger partial charge in [-0.2, -0.15) is 0 Å². The van der Waals surface area contributed by atoms with Crippen molar-refractivity contribution in [3.8, 4) is 0 Å². The summed E-state index contributed by atoms with van der Waals surface area (Å²) in [5, 5.41) is 14.0. The minimum absolute atomic E-state index is 0.171. The fraction of sp³-hybridized carbons (Fsp3) is 0.235. The van der Waals surface area contributed by atoms with Gasteiger partial charge in [0.2, 0.25) is 5.91 Å². The zero-order valence-electron chi connectivity index (χ0n) is 12.2. The molecule has 4 rings (SSSR count). The van der Waals surface area contributed by atoms with E-state index in [0.29, 0.717) is 16.5 Å². The Bertz CT molecular complexity index is 810. The van der Waals surface area contributed by atoms with E-state index in [2.05, 4.69) is 5.32 Å². The molecule has 2 N–H and O–H groups in total. The number of amides is 3. The van der Waals surface area contributed by atoms with Crippen molar-refractivity contribution in [2.75, 3.05) is 0 Å². The molecule has 0 spiro atoms. The van der Waals surface area contributed by atoms with Crippen molar-refractivity contribution in [1.29, 1.82) is 0 Å². The summed E-state index contributed by atoms with van der Waals surface area (Å²) in [7, 11) is 0. The second-order valence-corrected chi connectivity index (χ2v) is 5.81. The molecular weight excluding hydrogens is 296 g/mol. The number of imide groups is 1. The van der Waals surface area contributed by atoms with E-state index in [-0.39, 0.29) is 18.7 Å². The predicted octanol–water partition coefficient (Wildman–Crippen LogP) is 1.03. The van der Waals surface area contributed by atoms with Crippen LogP contribution in [0, 0.1) is 0 Å². The Hall–Kier alpha value is -2.73. The molecular formula is C17H14N2O4. The van der Waals surface area contributed by atoms with Gasteiger partial charge in [0.05, 0.1) is 6.04 Å². The van der Waals surface area contributed by atoms with Crippen LogP contribution in [0.2, 0.25) is 0 Å². The zero-order chi connectivity index (χ0) is 16.1. The Balaban J connectivity index is 1.85. The second-order valence-electron chi connectivity index (χ2n) is 5.81. The van der Waals surface area contributed by atoms with E-state index in [4.69, 9.17) is 0 Å². The Morgan fingerprint density at radius 2 is 1.61 bits per heavy atom. The van der Waals surface area contributed by atoms with Crippen LogP contribution in [0.1, 0.15) is 33.6 Å². The summed E-state index contributed by atoms with van der Waals surface area (Å²) >= 11 is 0. The largest absolute Gasteiger partial charge is 0.372 e. The molecule has 0 radical (unpaired) electrons. The van der Waals surface area contributed by atoms with Gasteiger partial charge in [-0.05, 0) is 23.9 Å². The van der Waals surface area contributed by atoms with Crippen molar-refractivity contribution < 1.29 is 19.5 Å². The third-order valence-corrected chi connectivity index (χ3v) is 4.48. The Kier molecular flexibility index (Phi) is 2.96. The maximum Gasteiger partial charge on any atom is 0.261 e. The van der Waals surface area contributed by atoms with E-state index in [1.807, 2.05) is 12.1 Å².